The number of aromatic nitrogens is 2. The van der Waals surface area contributed by atoms with Crippen molar-refractivity contribution in [3.63, 3.8) is 0 Å². The summed E-state index contributed by atoms with van der Waals surface area (Å²) in [5.41, 5.74) is 7.51. The highest BCUT2D eigenvalue weighted by atomic mass is 19.1. The minimum Gasteiger partial charge on any atom is -0.364 e. The molecule has 0 radical (unpaired) electrons. The Balaban J connectivity index is 2.02. The summed E-state index contributed by atoms with van der Waals surface area (Å²) in [6.45, 7) is 5.94. The van der Waals surface area contributed by atoms with Crippen LogP contribution in [-0.4, -0.2) is 77.8 Å². The van der Waals surface area contributed by atoms with E-state index in [4.69, 9.17) is 5.73 Å². The predicted octanol–water partition coefficient (Wildman–Crippen LogP) is 1.70. The second-order valence-corrected chi connectivity index (χ2v) is 8.76. The molecule has 0 spiro atoms. The SMILES string of the molecule is Cc1nc(Nc2cc(F)cc(CCNC(=O)[C@H](C)N(C)C(=O)/C=C/CN(C)C)c2)c(C(N)=O)nc1C. The van der Waals surface area contributed by atoms with Gasteiger partial charge >= 0.3 is 0 Å². The van der Waals surface area contributed by atoms with Gasteiger partial charge in [-0.3, -0.25) is 14.4 Å². The van der Waals surface area contributed by atoms with Crippen molar-refractivity contribution in [1.29, 1.82) is 0 Å². The zero-order valence-electron chi connectivity index (χ0n) is 21.6. The Morgan fingerprint density at radius 3 is 2.42 bits per heavy atom. The van der Waals surface area contributed by atoms with Crippen molar-refractivity contribution in [2.24, 2.45) is 5.73 Å². The van der Waals surface area contributed by atoms with Crippen molar-refractivity contribution in [2.75, 3.05) is 39.5 Å². The molecular formula is C25H34FN7O3. The maximum Gasteiger partial charge on any atom is 0.271 e. The molecule has 194 valence electrons. The van der Waals surface area contributed by atoms with Gasteiger partial charge in [-0.1, -0.05) is 6.08 Å². The number of halogens is 1. The summed E-state index contributed by atoms with van der Waals surface area (Å²) in [4.78, 5) is 48.3. The Morgan fingerprint density at radius 1 is 1.11 bits per heavy atom. The van der Waals surface area contributed by atoms with Crippen LogP contribution < -0.4 is 16.4 Å². The number of nitrogens with two attached hydrogens (primary N) is 1. The van der Waals surface area contributed by atoms with Crippen molar-refractivity contribution in [3.05, 3.63) is 58.8 Å². The van der Waals surface area contributed by atoms with Crippen LogP contribution in [0.4, 0.5) is 15.9 Å². The van der Waals surface area contributed by atoms with Gasteiger partial charge in [0.2, 0.25) is 11.8 Å². The molecule has 11 heteroatoms. The fourth-order valence-corrected chi connectivity index (χ4v) is 3.19. The second kappa shape index (κ2) is 12.7. The summed E-state index contributed by atoms with van der Waals surface area (Å²) in [5, 5.41) is 5.69. The quantitative estimate of drug-likeness (QED) is 0.401. The van der Waals surface area contributed by atoms with Crippen LogP contribution in [0, 0.1) is 19.7 Å². The Hall–Kier alpha value is -3.86. The molecule has 1 aromatic carbocycles. The standard InChI is InChI=1S/C25H34FN7O3/c1-15-16(2)30-24(22(29-15)23(27)35)31-20-13-18(12-19(26)14-20)9-10-28-25(36)17(3)33(6)21(34)8-7-11-32(4)5/h7-8,12-14,17H,9-11H2,1-6H3,(H2,27,35)(H,28,36)(H,30,31)/b8-7+/t17-/m0/s1. The molecule has 1 atom stereocenters. The van der Waals surface area contributed by atoms with Crippen LogP contribution in [-0.2, 0) is 16.0 Å². The number of rotatable bonds is 11. The molecule has 0 unspecified atom stereocenters. The molecule has 0 aliphatic rings. The van der Waals surface area contributed by atoms with Gasteiger partial charge in [-0.25, -0.2) is 14.4 Å². The molecule has 36 heavy (non-hydrogen) atoms. The molecule has 0 bridgehead atoms. The van der Waals surface area contributed by atoms with E-state index in [1.54, 1.807) is 40.0 Å². The topological polar surface area (TPSA) is 134 Å². The maximum absolute atomic E-state index is 14.3. The zero-order valence-corrected chi connectivity index (χ0v) is 21.6. The number of amides is 3. The number of nitrogens with zero attached hydrogens (tertiary/aromatic N) is 4. The summed E-state index contributed by atoms with van der Waals surface area (Å²) in [6.07, 6.45) is 3.51. The molecule has 0 saturated carbocycles. The van der Waals surface area contributed by atoms with Crippen molar-refractivity contribution >= 4 is 29.2 Å². The van der Waals surface area contributed by atoms with E-state index in [9.17, 15) is 18.8 Å². The van der Waals surface area contributed by atoms with Crippen molar-refractivity contribution < 1.29 is 18.8 Å². The third-order valence-corrected chi connectivity index (χ3v) is 5.51. The maximum atomic E-state index is 14.3. The first-order valence-corrected chi connectivity index (χ1v) is 11.5. The van der Waals surface area contributed by atoms with E-state index < -0.39 is 17.8 Å². The highest BCUT2D eigenvalue weighted by Crippen LogP contribution is 2.21. The Kier molecular flexibility index (Phi) is 10.0. The predicted molar refractivity (Wildman–Crippen MR) is 136 cm³/mol. The Morgan fingerprint density at radius 2 is 1.78 bits per heavy atom. The fourth-order valence-electron chi connectivity index (χ4n) is 3.19. The minimum atomic E-state index is -0.752. The van der Waals surface area contributed by atoms with Gasteiger partial charge in [-0.15, -0.1) is 0 Å². The highest BCUT2D eigenvalue weighted by Gasteiger charge is 2.20. The number of hydrogen-bond acceptors (Lipinski definition) is 7. The summed E-state index contributed by atoms with van der Waals surface area (Å²) >= 11 is 0. The molecule has 0 aliphatic heterocycles. The lowest BCUT2D eigenvalue weighted by atomic mass is 10.1. The second-order valence-electron chi connectivity index (χ2n) is 8.76. The van der Waals surface area contributed by atoms with E-state index in [-0.39, 0.29) is 29.9 Å². The lowest BCUT2D eigenvalue weighted by Crippen LogP contribution is -2.45. The van der Waals surface area contributed by atoms with E-state index in [1.165, 1.54) is 23.1 Å². The zero-order chi connectivity index (χ0) is 27.0. The average Bonchev–Trinajstić information content (AvgIpc) is 2.79. The number of anilines is 2. The van der Waals surface area contributed by atoms with E-state index in [1.807, 2.05) is 19.0 Å². The molecule has 1 heterocycles. The number of primary amides is 1. The van der Waals surface area contributed by atoms with Crippen molar-refractivity contribution in [3.8, 4) is 0 Å². The molecule has 2 aromatic rings. The number of hydrogen-bond donors (Lipinski definition) is 3. The number of carbonyl (C=O) groups excluding carboxylic acids is 3. The first kappa shape index (κ1) is 28.4. The molecule has 3 amide bonds. The van der Waals surface area contributed by atoms with Gasteiger partial charge < -0.3 is 26.2 Å². The van der Waals surface area contributed by atoms with E-state index >= 15 is 0 Å². The van der Waals surface area contributed by atoms with Crippen LogP contribution in [0.3, 0.4) is 0 Å². The molecule has 10 nitrogen and oxygen atoms in total. The molecule has 4 N–H and O–H groups in total. The summed E-state index contributed by atoms with van der Waals surface area (Å²) < 4.78 is 14.3. The third kappa shape index (κ3) is 8.12. The molecule has 0 saturated heterocycles. The lowest BCUT2D eigenvalue weighted by molar-refractivity contribution is -0.135. The lowest BCUT2D eigenvalue weighted by Gasteiger charge is -2.23. The van der Waals surface area contributed by atoms with Crippen LogP contribution in [0.15, 0.2) is 30.4 Å². The summed E-state index contributed by atoms with van der Waals surface area (Å²) in [7, 11) is 5.34. The first-order chi connectivity index (χ1) is 16.9. The molecular weight excluding hydrogens is 465 g/mol. The molecule has 0 fully saturated rings. The van der Waals surface area contributed by atoms with E-state index in [2.05, 4.69) is 20.6 Å². The van der Waals surface area contributed by atoms with Gasteiger partial charge in [0.15, 0.2) is 11.5 Å². The number of benzene rings is 1. The van der Waals surface area contributed by atoms with Crippen LogP contribution in [0.25, 0.3) is 0 Å². The van der Waals surface area contributed by atoms with Crippen molar-refractivity contribution in [1.82, 2.24) is 25.1 Å². The van der Waals surface area contributed by atoms with Gasteiger partial charge in [0.1, 0.15) is 11.9 Å². The van der Waals surface area contributed by atoms with Crippen molar-refractivity contribution in [2.45, 2.75) is 33.2 Å². The molecule has 0 aliphatic carbocycles. The fraction of sp³-hybridized carbons (Fsp3) is 0.400. The van der Waals surface area contributed by atoms with Crippen LogP contribution in [0.5, 0.6) is 0 Å². The largest absolute Gasteiger partial charge is 0.364 e. The van der Waals surface area contributed by atoms with Gasteiger partial charge in [0.25, 0.3) is 5.91 Å². The molecule has 1 aromatic heterocycles. The minimum absolute atomic E-state index is 0.0413. The van der Waals surface area contributed by atoms with Gasteiger partial charge in [0, 0.05) is 31.9 Å². The summed E-state index contributed by atoms with van der Waals surface area (Å²) in [5.74, 6) is -1.71. The average molecular weight is 500 g/mol. The number of aryl methyl sites for hydroxylation is 2. The third-order valence-electron chi connectivity index (χ3n) is 5.51. The normalized spacial score (nSPS) is 12.0. The summed E-state index contributed by atoms with van der Waals surface area (Å²) in [6, 6.07) is 3.62. The van der Waals surface area contributed by atoms with Gasteiger partial charge in [-0.2, -0.15) is 0 Å². The number of carbonyl (C=O) groups is 3. The monoisotopic (exact) mass is 499 g/mol. The van der Waals surface area contributed by atoms with E-state index in [0.717, 1.165) is 0 Å². The first-order valence-electron chi connectivity index (χ1n) is 11.5. The Labute approximate surface area is 210 Å². The van der Waals surface area contributed by atoms with Crippen LogP contribution >= 0.6 is 0 Å². The smallest absolute Gasteiger partial charge is 0.271 e. The highest BCUT2D eigenvalue weighted by molar-refractivity contribution is 5.96. The van der Waals surface area contributed by atoms with Crippen LogP contribution in [0.2, 0.25) is 0 Å². The van der Waals surface area contributed by atoms with E-state index in [0.29, 0.717) is 35.6 Å². The number of nitrogens with one attached hydrogen (secondary N) is 2. The van der Waals surface area contributed by atoms with Gasteiger partial charge in [-0.05, 0) is 65.0 Å². The van der Waals surface area contributed by atoms with Gasteiger partial charge in [0.05, 0.1) is 11.4 Å². The number of likely N-dealkylation sites (N-methyl/N-ethyl adjacent to an activating group) is 2. The Bertz CT molecular complexity index is 1150. The molecule has 2 rings (SSSR count). The van der Waals surface area contributed by atoms with Crippen LogP contribution in [0.1, 0.15) is 34.4 Å².